The van der Waals surface area contributed by atoms with Gasteiger partial charge in [-0.3, -0.25) is 4.79 Å². The third-order valence-corrected chi connectivity index (χ3v) is 2.99. The lowest BCUT2D eigenvalue weighted by Gasteiger charge is -2.13. The van der Waals surface area contributed by atoms with Gasteiger partial charge in [0.2, 0.25) is 5.91 Å². The van der Waals surface area contributed by atoms with Gasteiger partial charge in [0.1, 0.15) is 0 Å². The Bertz CT molecular complexity index is 447. The predicted octanol–water partition coefficient (Wildman–Crippen LogP) is 1.92. The Morgan fingerprint density at radius 3 is 2.71 bits per heavy atom. The Hall–Kier alpha value is -1.86. The largest absolute Gasteiger partial charge is 0.378 e. The molecule has 1 amide bonds. The number of carbonyl (C=O) groups excluding carboxylic acids is 1. The number of hydrogen-bond donors (Lipinski definition) is 1. The number of anilines is 1. The summed E-state index contributed by atoms with van der Waals surface area (Å²) in [7, 11) is 0. The van der Waals surface area contributed by atoms with Gasteiger partial charge in [-0.15, -0.1) is 0 Å². The summed E-state index contributed by atoms with van der Waals surface area (Å²) in [6.45, 7) is 2.56. The fraction of sp³-hybridized carbons (Fsp3) is 0.385. The van der Waals surface area contributed by atoms with Crippen LogP contribution in [-0.4, -0.2) is 18.6 Å². The number of rotatable bonds is 2. The van der Waals surface area contributed by atoms with Crippen LogP contribution in [0.5, 0.6) is 0 Å². The summed E-state index contributed by atoms with van der Waals surface area (Å²) in [4.78, 5) is 11.9. The highest BCUT2D eigenvalue weighted by Gasteiger charge is 2.30. The zero-order valence-corrected chi connectivity index (χ0v) is 9.64. The first-order valence-corrected chi connectivity index (χ1v) is 5.63. The molecule has 1 saturated heterocycles. The number of benzene rings is 1. The Labute approximate surface area is 100 Å². The van der Waals surface area contributed by atoms with E-state index in [4.69, 9.17) is 10.00 Å². The van der Waals surface area contributed by atoms with Crippen LogP contribution in [0.3, 0.4) is 0 Å². The quantitative estimate of drug-likeness (QED) is 0.844. The summed E-state index contributed by atoms with van der Waals surface area (Å²) in [5.41, 5.74) is 1.30. The summed E-state index contributed by atoms with van der Waals surface area (Å²) in [6, 6.07) is 8.87. The SMILES string of the molecule is CC1OCCC1C(=O)Nc1ccc(C#N)cc1. The summed E-state index contributed by atoms with van der Waals surface area (Å²) in [5, 5.41) is 11.5. The van der Waals surface area contributed by atoms with Crippen LogP contribution in [0.25, 0.3) is 0 Å². The van der Waals surface area contributed by atoms with Crippen molar-refractivity contribution in [2.24, 2.45) is 5.92 Å². The maximum absolute atomic E-state index is 11.9. The van der Waals surface area contributed by atoms with Gasteiger partial charge >= 0.3 is 0 Å². The molecule has 1 N–H and O–H groups in total. The zero-order valence-electron chi connectivity index (χ0n) is 9.64. The Morgan fingerprint density at radius 2 is 2.18 bits per heavy atom. The number of nitrogens with one attached hydrogen (secondary N) is 1. The van der Waals surface area contributed by atoms with Gasteiger partial charge in [-0.25, -0.2) is 0 Å². The number of nitrogens with zero attached hydrogens (tertiary/aromatic N) is 1. The standard InChI is InChI=1S/C13H14N2O2/c1-9-12(6-7-17-9)13(16)15-11-4-2-10(8-14)3-5-11/h2-5,9,12H,6-7H2,1H3,(H,15,16). The summed E-state index contributed by atoms with van der Waals surface area (Å²) >= 11 is 0. The first-order chi connectivity index (χ1) is 8.20. The molecular weight excluding hydrogens is 216 g/mol. The van der Waals surface area contributed by atoms with E-state index in [1.54, 1.807) is 24.3 Å². The molecule has 0 spiro atoms. The van der Waals surface area contributed by atoms with Crippen LogP contribution in [0.4, 0.5) is 5.69 Å². The minimum atomic E-state index is -0.0781. The fourth-order valence-electron chi connectivity index (χ4n) is 1.94. The van der Waals surface area contributed by atoms with Crippen LogP contribution in [0.2, 0.25) is 0 Å². The average molecular weight is 230 g/mol. The van der Waals surface area contributed by atoms with Gasteiger partial charge in [0.05, 0.1) is 23.7 Å². The monoisotopic (exact) mass is 230 g/mol. The van der Waals surface area contributed by atoms with Gasteiger partial charge in [0.25, 0.3) is 0 Å². The van der Waals surface area contributed by atoms with Gasteiger partial charge < -0.3 is 10.1 Å². The van der Waals surface area contributed by atoms with Crippen molar-refractivity contribution in [1.29, 1.82) is 5.26 Å². The highest BCUT2D eigenvalue weighted by atomic mass is 16.5. The van der Waals surface area contributed by atoms with E-state index in [2.05, 4.69) is 5.32 Å². The predicted molar refractivity (Wildman–Crippen MR) is 63.3 cm³/mol. The molecule has 0 bridgehead atoms. The van der Waals surface area contributed by atoms with Crippen molar-refractivity contribution < 1.29 is 9.53 Å². The van der Waals surface area contributed by atoms with Gasteiger partial charge in [-0.2, -0.15) is 5.26 Å². The summed E-state index contributed by atoms with van der Waals surface area (Å²) in [6.07, 6.45) is 0.747. The molecule has 2 atom stereocenters. The number of carbonyl (C=O) groups is 1. The van der Waals surface area contributed by atoms with Crippen LogP contribution in [0, 0.1) is 17.2 Å². The van der Waals surface area contributed by atoms with Crippen molar-refractivity contribution in [3.05, 3.63) is 29.8 Å². The molecule has 17 heavy (non-hydrogen) atoms. The van der Waals surface area contributed by atoms with E-state index < -0.39 is 0 Å². The van der Waals surface area contributed by atoms with E-state index in [0.29, 0.717) is 17.9 Å². The number of nitriles is 1. The van der Waals surface area contributed by atoms with Crippen molar-refractivity contribution in [1.82, 2.24) is 0 Å². The topological polar surface area (TPSA) is 62.1 Å². The lowest BCUT2D eigenvalue weighted by molar-refractivity contribution is -0.121. The maximum Gasteiger partial charge on any atom is 0.230 e. The second kappa shape index (κ2) is 4.98. The number of ether oxygens (including phenoxy) is 1. The van der Waals surface area contributed by atoms with Crippen molar-refractivity contribution in [2.45, 2.75) is 19.4 Å². The van der Waals surface area contributed by atoms with Crippen LogP contribution < -0.4 is 5.32 Å². The lowest BCUT2D eigenvalue weighted by Crippen LogP contribution is -2.27. The summed E-state index contributed by atoms with van der Waals surface area (Å²) in [5.74, 6) is -0.0923. The molecule has 0 aromatic heterocycles. The minimum absolute atomic E-state index is 0.0142. The smallest absolute Gasteiger partial charge is 0.230 e. The van der Waals surface area contributed by atoms with Crippen LogP contribution >= 0.6 is 0 Å². The molecule has 2 rings (SSSR count). The first kappa shape index (κ1) is 11.6. The maximum atomic E-state index is 11.9. The third kappa shape index (κ3) is 2.63. The van der Waals surface area contributed by atoms with E-state index in [9.17, 15) is 4.79 Å². The molecule has 0 radical (unpaired) electrons. The van der Waals surface area contributed by atoms with Crippen LogP contribution in [-0.2, 0) is 9.53 Å². The normalized spacial score (nSPS) is 23.1. The molecule has 1 fully saturated rings. The van der Waals surface area contributed by atoms with E-state index in [-0.39, 0.29) is 17.9 Å². The summed E-state index contributed by atoms with van der Waals surface area (Å²) < 4.78 is 5.36. The molecule has 4 heteroatoms. The van der Waals surface area contributed by atoms with E-state index >= 15 is 0 Å². The highest BCUT2D eigenvalue weighted by Crippen LogP contribution is 2.22. The molecule has 1 aromatic rings. The zero-order chi connectivity index (χ0) is 12.3. The van der Waals surface area contributed by atoms with Crippen LogP contribution in [0.1, 0.15) is 18.9 Å². The van der Waals surface area contributed by atoms with Gasteiger partial charge in [0.15, 0.2) is 0 Å². The van der Waals surface area contributed by atoms with Gasteiger partial charge in [-0.05, 0) is 37.6 Å². The molecule has 0 aliphatic carbocycles. The Balaban J connectivity index is 2.00. The fourth-order valence-corrected chi connectivity index (χ4v) is 1.94. The molecule has 0 saturated carbocycles. The first-order valence-electron chi connectivity index (χ1n) is 5.63. The third-order valence-electron chi connectivity index (χ3n) is 2.99. The van der Waals surface area contributed by atoms with Crippen molar-refractivity contribution in [2.75, 3.05) is 11.9 Å². The average Bonchev–Trinajstić information content (AvgIpc) is 2.76. The van der Waals surface area contributed by atoms with E-state index in [0.717, 1.165) is 6.42 Å². The second-order valence-electron chi connectivity index (χ2n) is 4.15. The van der Waals surface area contributed by atoms with Crippen molar-refractivity contribution in [3.8, 4) is 6.07 Å². The molecule has 1 aliphatic rings. The molecule has 88 valence electrons. The lowest BCUT2D eigenvalue weighted by atomic mass is 10.0. The number of hydrogen-bond acceptors (Lipinski definition) is 3. The Morgan fingerprint density at radius 1 is 1.47 bits per heavy atom. The highest BCUT2D eigenvalue weighted by molar-refractivity contribution is 5.93. The molecule has 1 aromatic carbocycles. The van der Waals surface area contributed by atoms with Crippen molar-refractivity contribution in [3.63, 3.8) is 0 Å². The van der Waals surface area contributed by atoms with Gasteiger partial charge in [-0.1, -0.05) is 0 Å². The molecule has 1 aliphatic heterocycles. The van der Waals surface area contributed by atoms with E-state index in [1.807, 2.05) is 13.0 Å². The second-order valence-corrected chi connectivity index (χ2v) is 4.15. The van der Waals surface area contributed by atoms with Gasteiger partial charge in [0, 0.05) is 12.3 Å². The molecular formula is C13H14N2O2. The molecule has 4 nitrogen and oxygen atoms in total. The molecule has 1 heterocycles. The van der Waals surface area contributed by atoms with Crippen molar-refractivity contribution >= 4 is 11.6 Å². The Kier molecular flexibility index (Phi) is 3.40. The minimum Gasteiger partial charge on any atom is -0.378 e. The van der Waals surface area contributed by atoms with E-state index in [1.165, 1.54) is 0 Å². The van der Waals surface area contributed by atoms with Crippen LogP contribution in [0.15, 0.2) is 24.3 Å². The molecule has 2 unspecified atom stereocenters. The number of amides is 1.